The first-order chi connectivity index (χ1) is 9.15. The molecule has 6 heteroatoms. The van der Waals surface area contributed by atoms with Crippen LogP contribution >= 0.6 is 39.0 Å². The zero-order valence-electron chi connectivity index (χ0n) is 10.9. The van der Waals surface area contributed by atoms with E-state index < -0.39 is 0 Å². The number of fused-ring (bicyclic) bond motifs is 1. The number of nitrogens with zero attached hydrogens (tertiary/aromatic N) is 2. The van der Waals surface area contributed by atoms with Gasteiger partial charge in [0.25, 0.3) is 0 Å². The molecular formula is C13H15BrN2OS2. The van der Waals surface area contributed by atoms with Crippen molar-refractivity contribution in [3.8, 4) is 0 Å². The van der Waals surface area contributed by atoms with Crippen molar-refractivity contribution < 1.29 is 4.79 Å². The molecule has 0 saturated carbocycles. The molecule has 0 N–H and O–H groups in total. The number of aryl methyl sites for hydroxylation is 1. The monoisotopic (exact) mass is 358 g/mol. The summed E-state index contributed by atoms with van der Waals surface area (Å²) in [5.74, 6) is 0.943. The fourth-order valence-electron chi connectivity index (χ4n) is 1.72. The van der Waals surface area contributed by atoms with Crippen molar-refractivity contribution in [2.75, 3.05) is 12.0 Å². The molecule has 3 nitrogen and oxygen atoms in total. The Morgan fingerprint density at radius 2 is 2.32 bits per heavy atom. The molecule has 0 bridgehead atoms. The smallest absolute Gasteiger partial charge is 0.248 e. The van der Waals surface area contributed by atoms with Crippen molar-refractivity contribution in [2.45, 2.75) is 19.9 Å². The average molecular weight is 359 g/mol. The Morgan fingerprint density at radius 1 is 1.53 bits per heavy atom. The molecule has 0 aliphatic carbocycles. The predicted octanol–water partition coefficient (Wildman–Crippen LogP) is 3.67. The molecule has 19 heavy (non-hydrogen) atoms. The SMILES string of the molecule is CCC(=O)N=c1sc2cc(Br)ccc2n1CCSC. The highest BCUT2D eigenvalue weighted by Crippen LogP contribution is 2.22. The van der Waals surface area contributed by atoms with Crippen molar-refractivity contribution in [2.24, 2.45) is 4.99 Å². The number of thiazole rings is 1. The second-order valence-corrected chi connectivity index (χ2v) is 6.91. The third kappa shape index (κ3) is 3.49. The van der Waals surface area contributed by atoms with Crippen LogP contribution in [0.5, 0.6) is 0 Å². The zero-order valence-corrected chi connectivity index (χ0v) is 14.1. The van der Waals surface area contributed by atoms with E-state index in [0.717, 1.165) is 31.8 Å². The number of benzene rings is 1. The highest BCUT2D eigenvalue weighted by molar-refractivity contribution is 9.10. The van der Waals surface area contributed by atoms with Crippen LogP contribution in [0.4, 0.5) is 0 Å². The molecule has 0 saturated heterocycles. The van der Waals surface area contributed by atoms with Gasteiger partial charge < -0.3 is 4.57 Å². The molecule has 102 valence electrons. The Labute approximate surface area is 128 Å². The van der Waals surface area contributed by atoms with Crippen molar-refractivity contribution in [1.29, 1.82) is 0 Å². The molecule has 2 aromatic rings. The molecule has 0 aliphatic heterocycles. The van der Waals surface area contributed by atoms with Gasteiger partial charge >= 0.3 is 0 Å². The zero-order chi connectivity index (χ0) is 13.8. The summed E-state index contributed by atoms with van der Waals surface area (Å²) in [6.07, 6.45) is 2.53. The first kappa shape index (κ1) is 14.8. The van der Waals surface area contributed by atoms with Crippen molar-refractivity contribution >= 4 is 55.2 Å². The maximum absolute atomic E-state index is 11.6. The first-order valence-electron chi connectivity index (χ1n) is 6.01. The van der Waals surface area contributed by atoms with Gasteiger partial charge in [-0.1, -0.05) is 34.2 Å². The maximum Gasteiger partial charge on any atom is 0.248 e. The van der Waals surface area contributed by atoms with Gasteiger partial charge in [-0.3, -0.25) is 4.79 Å². The number of rotatable bonds is 4. The summed E-state index contributed by atoms with van der Waals surface area (Å²) in [6, 6.07) is 6.17. The third-order valence-corrected chi connectivity index (χ3v) is 4.81. The van der Waals surface area contributed by atoms with Crippen LogP contribution in [-0.2, 0) is 11.3 Å². The van der Waals surface area contributed by atoms with Gasteiger partial charge in [-0.2, -0.15) is 16.8 Å². The van der Waals surface area contributed by atoms with Gasteiger partial charge in [-0.05, 0) is 24.5 Å². The topological polar surface area (TPSA) is 34.4 Å². The summed E-state index contributed by atoms with van der Waals surface area (Å²) in [5, 5.41) is 0. The van der Waals surface area contributed by atoms with Gasteiger partial charge in [0, 0.05) is 23.2 Å². The van der Waals surface area contributed by atoms with Gasteiger partial charge in [0.15, 0.2) is 4.80 Å². The van der Waals surface area contributed by atoms with Crippen molar-refractivity contribution in [3.05, 3.63) is 27.5 Å². The van der Waals surface area contributed by atoms with E-state index >= 15 is 0 Å². The summed E-state index contributed by atoms with van der Waals surface area (Å²) in [7, 11) is 0. The quantitative estimate of drug-likeness (QED) is 0.835. The molecule has 2 rings (SSSR count). The Kier molecular flexibility index (Phi) is 5.24. The van der Waals surface area contributed by atoms with Crippen LogP contribution in [0.2, 0.25) is 0 Å². The van der Waals surface area contributed by atoms with E-state index in [4.69, 9.17) is 0 Å². The molecule has 0 unspecified atom stereocenters. The third-order valence-electron chi connectivity index (χ3n) is 2.69. The fraction of sp³-hybridized carbons (Fsp3) is 0.385. The Morgan fingerprint density at radius 3 is 3.00 bits per heavy atom. The van der Waals surface area contributed by atoms with E-state index in [0.29, 0.717) is 6.42 Å². The lowest BCUT2D eigenvalue weighted by molar-refractivity contribution is -0.117. The van der Waals surface area contributed by atoms with Crippen LogP contribution in [0.25, 0.3) is 10.2 Å². The minimum absolute atomic E-state index is 0.0662. The molecule has 1 aromatic heterocycles. The number of halogens is 1. The first-order valence-corrected chi connectivity index (χ1v) is 9.01. The summed E-state index contributed by atoms with van der Waals surface area (Å²) >= 11 is 6.84. The Bertz CT molecular complexity index is 660. The summed E-state index contributed by atoms with van der Waals surface area (Å²) in [5.41, 5.74) is 1.14. The maximum atomic E-state index is 11.6. The van der Waals surface area contributed by atoms with Crippen molar-refractivity contribution in [3.63, 3.8) is 0 Å². The number of hydrogen-bond donors (Lipinski definition) is 0. The lowest BCUT2D eigenvalue weighted by Gasteiger charge is -2.03. The van der Waals surface area contributed by atoms with Crippen LogP contribution in [-0.4, -0.2) is 22.5 Å². The molecule has 0 spiro atoms. The molecule has 1 aromatic carbocycles. The van der Waals surface area contributed by atoms with E-state index in [1.807, 2.05) is 13.0 Å². The molecule has 1 heterocycles. The second kappa shape index (κ2) is 6.72. The van der Waals surface area contributed by atoms with Gasteiger partial charge in [0.1, 0.15) is 0 Å². The summed E-state index contributed by atoms with van der Waals surface area (Å²) in [6.45, 7) is 2.71. The second-order valence-electron chi connectivity index (χ2n) is 4.00. The largest absolute Gasteiger partial charge is 0.316 e. The normalized spacial score (nSPS) is 12.3. The van der Waals surface area contributed by atoms with Gasteiger partial charge in [0.05, 0.1) is 10.2 Å². The van der Waals surface area contributed by atoms with Crippen LogP contribution in [0.15, 0.2) is 27.7 Å². The van der Waals surface area contributed by atoms with E-state index in [-0.39, 0.29) is 5.91 Å². The van der Waals surface area contributed by atoms with Crippen LogP contribution in [0, 0.1) is 0 Å². The molecule has 0 aliphatic rings. The number of carbonyl (C=O) groups is 1. The lowest BCUT2D eigenvalue weighted by Crippen LogP contribution is -2.17. The van der Waals surface area contributed by atoms with Crippen LogP contribution in [0.3, 0.4) is 0 Å². The number of amides is 1. The Balaban J connectivity index is 2.60. The van der Waals surface area contributed by atoms with E-state index in [9.17, 15) is 4.79 Å². The number of aromatic nitrogens is 1. The summed E-state index contributed by atoms with van der Waals surface area (Å²) in [4.78, 5) is 16.6. The van der Waals surface area contributed by atoms with Crippen LogP contribution in [0.1, 0.15) is 13.3 Å². The lowest BCUT2D eigenvalue weighted by atomic mass is 10.3. The number of thioether (sulfide) groups is 1. The molecule has 0 atom stereocenters. The minimum atomic E-state index is -0.0662. The van der Waals surface area contributed by atoms with Crippen LogP contribution < -0.4 is 4.80 Å². The number of hydrogen-bond acceptors (Lipinski definition) is 3. The van der Waals surface area contributed by atoms with E-state index in [1.165, 1.54) is 0 Å². The number of carbonyl (C=O) groups excluding carboxylic acids is 1. The molecular weight excluding hydrogens is 344 g/mol. The van der Waals surface area contributed by atoms with Gasteiger partial charge in [-0.25, -0.2) is 0 Å². The summed E-state index contributed by atoms with van der Waals surface area (Å²) < 4.78 is 4.33. The molecule has 0 radical (unpaired) electrons. The van der Waals surface area contributed by atoms with E-state index in [1.54, 1.807) is 23.1 Å². The molecule has 0 fully saturated rings. The highest BCUT2D eigenvalue weighted by atomic mass is 79.9. The van der Waals surface area contributed by atoms with E-state index in [2.05, 4.69) is 43.9 Å². The average Bonchev–Trinajstić information content (AvgIpc) is 2.72. The highest BCUT2D eigenvalue weighted by Gasteiger charge is 2.07. The fourth-order valence-corrected chi connectivity index (χ4v) is 3.71. The van der Waals surface area contributed by atoms with Gasteiger partial charge in [-0.15, -0.1) is 0 Å². The minimum Gasteiger partial charge on any atom is -0.316 e. The van der Waals surface area contributed by atoms with Gasteiger partial charge in [0.2, 0.25) is 5.91 Å². The molecule has 1 amide bonds. The standard InChI is InChI=1S/C13H15BrN2OS2/c1-3-12(17)15-13-16(6-7-18-2)10-5-4-9(14)8-11(10)19-13/h4-5,8H,3,6-7H2,1-2H3. The Hall–Kier alpha value is -0.590. The predicted molar refractivity (Wildman–Crippen MR) is 86.8 cm³/mol. The van der Waals surface area contributed by atoms with Crippen molar-refractivity contribution in [1.82, 2.24) is 4.57 Å².